The van der Waals surface area contributed by atoms with Crippen molar-refractivity contribution >= 4 is 5.97 Å². The molecule has 1 fully saturated rings. The number of ether oxygens (including phenoxy) is 2. The van der Waals surface area contributed by atoms with Gasteiger partial charge in [0, 0.05) is 12.6 Å². The van der Waals surface area contributed by atoms with Crippen LogP contribution in [0.1, 0.15) is 43.0 Å². The van der Waals surface area contributed by atoms with E-state index >= 15 is 0 Å². The lowest BCUT2D eigenvalue weighted by atomic mass is 10.0. The molecule has 2 aromatic carbocycles. The molecule has 1 aliphatic heterocycles. The summed E-state index contributed by atoms with van der Waals surface area (Å²) in [4.78, 5) is 14.6. The molecule has 0 bridgehead atoms. The van der Waals surface area contributed by atoms with E-state index in [4.69, 9.17) is 9.47 Å². The number of carbonyl (C=O) groups is 1. The van der Waals surface area contributed by atoms with Gasteiger partial charge in [-0.05, 0) is 69.1 Å². The monoisotopic (exact) mass is 353 g/mol. The highest BCUT2D eigenvalue weighted by atomic mass is 16.5. The molecule has 4 nitrogen and oxygen atoms in total. The third kappa shape index (κ3) is 5.33. The summed E-state index contributed by atoms with van der Waals surface area (Å²) in [5.41, 5.74) is 0.553. The second kappa shape index (κ2) is 9.39. The van der Waals surface area contributed by atoms with Crippen molar-refractivity contribution < 1.29 is 14.3 Å². The summed E-state index contributed by atoms with van der Waals surface area (Å²) < 4.78 is 11.1. The first-order valence-corrected chi connectivity index (χ1v) is 9.46. The van der Waals surface area contributed by atoms with Crippen molar-refractivity contribution in [1.29, 1.82) is 0 Å². The fourth-order valence-electron chi connectivity index (χ4n) is 3.29. The van der Waals surface area contributed by atoms with Crippen LogP contribution in [0.25, 0.3) is 0 Å². The van der Waals surface area contributed by atoms with Gasteiger partial charge in [0.25, 0.3) is 0 Å². The SMILES string of the molecule is C[C@@H]1CCCCN1CCCOC(=O)c1ccc(Oc2ccccc2)cc1. The van der Waals surface area contributed by atoms with Gasteiger partial charge in [-0.2, -0.15) is 0 Å². The van der Waals surface area contributed by atoms with E-state index in [9.17, 15) is 4.79 Å². The van der Waals surface area contributed by atoms with Gasteiger partial charge < -0.3 is 14.4 Å². The van der Waals surface area contributed by atoms with E-state index < -0.39 is 0 Å². The molecule has 0 N–H and O–H groups in total. The second-order valence-electron chi connectivity index (χ2n) is 6.81. The summed E-state index contributed by atoms with van der Waals surface area (Å²) in [5, 5.41) is 0. The fourth-order valence-corrected chi connectivity index (χ4v) is 3.29. The normalized spacial score (nSPS) is 17.7. The van der Waals surface area contributed by atoms with Gasteiger partial charge in [-0.3, -0.25) is 0 Å². The minimum absolute atomic E-state index is 0.275. The molecular formula is C22H27NO3. The topological polar surface area (TPSA) is 38.8 Å². The van der Waals surface area contributed by atoms with Gasteiger partial charge in [-0.1, -0.05) is 24.6 Å². The minimum Gasteiger partial charge on any atom is -0.462 e. The highest BCUT2D eigenvalue weighted by molar-refractivity contribution is 5.89. The highest BCUT2D eigenvalue weighted by Crippen LogP contribution is 2.21. The van der Waals surface area contributed by atoms with E-state index in [0.717, 1.165) is 25.3 Å². The first kappa shape index (κ1) is 18.5. The van der Waals surface area contributed by atoms with Gasteiger partial charge >= 0.3 is 5.97 Å². The second-order valence-corrected chi connectivity index (χ2v) is 6.81. The van der Waals surface area contributed by atoms with E-state index in [1.807, 2.05) is 30.3 Å². The Hall–Kier alpha value is -2.33. The molecule has 0 unspecified atom stereocenters. The number of para-hydroxylation sites is 1. The van der Waals surface area contributed by atoms with Crippen LogP contribution in [0.5, 0.6) is 11.5 Å². The van der Waals surface area contributed by atoms with Crippen LogP contribution in [-0.2, 0) is 4.74 Å². The lowest BCUT2D eigenvalue weighted by Crippen LogP contribution is -2.38. The number of benzene rings is 2. The van der Waals surface area contributed by atoms with Gasteiger partial charge in [-0.15, -0.1) is 0 Å². The summed E-state index contributed by atoms with van der Waals surface area (Å²) in [6, 6.07) is 17.3. The Kier molecular flexibility index (Phi) is 6.67. The van der Waals surface area contributed by atoms with Crippen molar-refractivity contribution in [3.8, 4) is 11.5 Å². The van der Waals surface area contributed by atoms with Crippen LogP contribution in [-0.4, -0.2) is 36.6 Å². The Morgan fingerprint density at radius 1 is 1.04 bits per heavy atom. The molecule has 26 heavy (non-hydrogen) atoms. The summed E-state index contributed by atoms with van der Waals surface area (Å²) in [6.07, 6.45) is 4.76. The number of nitrogens with zero attached hydrogens (tertiary/aromatic N) is 1. The highest BCUT2D eigenvalue weighted by Gasteiger charge is 2.17. The molecule has 1 heterocycles. The van der Waals surface area contributed by atoms with Crippen LogP contribution in [0.15, 0.2) is 54.6 Å². The molecule has 4 heteroatoms. The molecule has 1 atom stereocenters. The van der Waals surface area contributed by atoms with Crippen LogP contribution in [0.4, 0.5) is 0 Å². The summed E-state index contributed by atoms with van der Waals surface area (Å²) in [7, 11) is 0. The molecule has 0 saturated carbocycles. The molecule has 2 aromatic rings. The lowest BCUT2D eigenvalue weighted by Gasteiger charge is -2.33. The first-order chi connectivity index (χ1) is 12.7. The molecule has 1 saturated heterocycles. The molecule has 0 aromatic heterocycles. The predicted molar refractivity (Wildman–Crippen MR) is 103 cm³/mol. The molecule has 0 aliphatic carbocycles. The van der Waals surface area contributed by atoms with Crippen molar-refractivity contribution in [2.45, 2.75) is 38.6 Å². The largest absolute Gasteiger partial charge is 0.462 e. The first-order valence-electron chi connectivity index (χ1n) is 9.46. The zero-order valence-electron chi connectivity index (χ0n) is 15.4. The Morgan fingerprint density at radius 3 is 2.50 bits per heavy atom. The van der Waals surface area contributed by atoms with Crippen molar-refractivity contribution in [2.24, 2.45) is 0 Å². The Morgan fingerprint density at radius 2 is 1.77 bits per heavy atom. The number of likely N-dealkylation sites (tertiary alicyclic amines) is 1. The third-order valence-corrected chi connectivity index (χ3v) is 4.83. The quantitative estimate of drug-likeness (QED) is 0.524. The van der Waals surface area contributed by atoms with Gasteiger partial charge in [0.1, 0.15) is 11.5 Å². The zero-order chi connectivity index (χ0) is 18.2. The van der Waals surface area contributed by atoms with Gasteiger partial charge in [0.2, 0.25) is 0 Å². The number of carbonyl (C=O) groups excluding carboxylic acids is 1. The zero-order valence-corrected chi connectivity index (χ0v) is 15.4. The van der Waals surface area contributed by atoms with E-state index in [-0.39, 0.29) is 5.97 Å². The smallest absolute Gasteiger partial charge is 0.338 e. The van der Waals surface area contributed by atoms with E-state index in [2.05, 4.69) is 11.8 Å². The maximum Gasteiger partial charge on any atom is 0.338 e. The van der Waals surface area contributed by atoms with Gasteiger partial charge in [0.05, 0.1) is 12.2 Å². The Labute approximate surface area is 155 Å². The average molecular weight is 353 g/mol. The maximum atomic E-state index is 12.2. The molecular weight excluding hydrogens is 326 g/mol. The van der Waals surface area contributed by atoms with Crippen LogP contribution in [0, 0.1) is 0 Å². The van der Waals surface area contributed by atoms with Crippen molar-refractivity contribution in [2.75, 3.05) is 19.7 Å². The van der Waals surface area contributed by atoms with Gasteiger partial charge in [0.15, 0.2) is 0 Å². The molecule has 3 rings (SSSR count). The number of piperidine rings is 1. The van der Waals surface area contributed by atoms with Crippen LogP contribution in [0.3, 0.4) is 0 Å². The molecule has 0 radical (unpaired) electrons. The number of rotatable bonds is 7. The molecule has 138 valence electrons. The lowest BCUT2D eigenvalue weighted by molar-refractivity contribution is 0.0475. The van der Waals surface area contributed by atoms with Crippen molar-refractivity contribution in [3.63, 3.8) is 0 Å². The Balaban J connectivity index is 1.41. The Bertz CT molecular complexity index is 684. The minimum atomic E-state index is -0.275. The van der Waals surface area contributed by atoms with Crippen LogP contribution >= 0.6 is 0 Å². The van der Waals surface area contributed by atoms with E-state index in [1.165, 1.54) is 19.3 Å². The molecule has 0 amide bonds. The number of esters is 1. The van der Waals surface area contributed by atoms with Gasteiger partial charge in [-0.25, -0.2) is 4.79 Å². The average Bonchev–Trinajstić information content (AvgIpc) is 2.68. The number of hydrogen-bond acceptors (Lipinski definition) is 4. The summed E-state index contributed by atoms with van der Waals surface area (Å²) in [5.74, 6) is 1.20. The van der Waals surface area contributed by atoms with E-state index in [1.54, 1.807) is 24.3 Å². The van der Waals surface area contributed by atoms with Crippen molar-refractivity contribution in [3.05, 3.63) is 60.2 Å². The van der Waals surface area contributed by atoms with Crippen molar-refractivity contribution in [1.82, 2.24) is 4.90 Å². The maximum absolute atomic E-state index is 12.2. The molecule has 1 aliphatic rings. The fraction of sp³-hybridized carbons (Fsp3) is 0.409. The molecule has 0 spiro atoms. The number of hydrogen-bond donors (Lipinski definition) is 0. The van der Waals surface area contributed by atoms with E-state index in [0.29, 0.717) is 24.0 Å². The standard InChI is InChI=1S/C22H27NO3/c1-18-8-5-6-15-23(18)16-7-17-25-22(24)19-11-13-21(14-12-19)26-20-9-3-2-4-10-20/h2-4,9-14,18H,5-8,15-17H2,1H3/t18-/m1/s1. The van der Waals surface area contributed by atoms with Crippen LogP contribution < -0.4 is 4.74 Å². The summed E-state index contributed by atoms with van der Waals surface area (Å²) in [6.45, 7) is 4.91. The van der Waals surface area contributed by atoms with Crippen LogP contribution in [0.2, 0.25) is 0 Å². The summed E-state index contributed by atoms with van der Waals surface area (Å²) >= 11 is 0. The predicted octanol–water partition coefficient (Wildman–Crippen LogP) is 4.90. The third-order valence-electron chi connectivity index (χ3n) is 4.83.